The summed E-state index contributed by atoms with van der Waals surface area (Å²) in [4.78, 5) is 0. The number of halogens is 1. The maximum Gasteiger partial charge on any atom is 0.203 e. The van der Waals surface area contributed by atoms with Crippen LogP contribution < -0.4 is 14.2 Å². The highest BCUT2D eigenvalue weighted by Gasteiger charge is 2.29. The zero-order valence-corrected chi connectivity index (χ0v) is 12.2. The van der Waals surface area contributed by atoms with Gasteiger partial charge in [0.1, 0.15) is 0 Å². The van der Waals surface area contributed by atoms with Crippen LogP contribution in [0, 0.1) is 5.92 Å². The van der Waals surface area contributed by atoms with E-state index in [0.29, 0.717) is 29.8 Å². The van der Waals surface area contributed by atoms with Gasteiger partial charge in [-0.1, -0.05) is 0 Å². The van der Waals surface area contributed by atoms with Gasteiger partial charge in [-0.25, -0.2) is 0 Å². The molecular weight excluding hydrogens is 268 g/mol. The average Bonchev–Trinajstić information content (AvgIpc) is 2.98. The predicted molar refractivity (Wildman–Crippen MR) is 73.6 cm³/mol. The van der Waals surface area contributed by atoms with Gasteiger partial charge in [-0.2, -0.15) is 0 Å². The molecule has 5 heteroatoms. The van der Waals surface area contributed by atoms with Gasteiger partial charge in [0.15, 0.2) is 11.5 Å². The van der Waals surface area contributed by atoms with Crippen LogP contribution in [0.25, 0.3) is 0 Å². The molecular formula is C14H19ClO4. The molecule has 1 aliphatic rings. The third kappa shape index (κ3) is 2.74. The summed E-state index contributed by atoms with van der Waals surface area (Å²) in [5, 5.41) is -0.155. The van der Waals surface area contributed by atoms with Crippen molar-refractivity contribution in [2.75, 3.05) is 34.5 Å². The van der Waals surface area contributed by atoms with E-state index < -0.39 is 0 Å². The molecule has 0 amide bonds. The van der Waals surface area contributed by atoms with Crippen LogP contribution in [0.15, 0.2) is 12.1 Å². The quantitative estimate of drug-likeness (QED) is 0.780. The lowest BCUT2D eigenvalue weighted by atomic mass is 9.97. The Morgan fingerprint density at radius 2 is 1.89 bits per heavy atom. The van der Waals surface area contributed by atoms with Gasteiger partial charge < -0.3 is 18.9 Å². The van der Waals surface area contributed by atoms with Gasteiger partial charge in [0.05, 0.1) is 33.3 Å². The summed E-state index contributed by atoms with van der Waals surface area (Å²) < 4.78 is 21.5. The first-order valence-corrected chi connectivity index (χ1v) is 6.67. The molecule has 106 valence electrons. The molecule has 0 aliphatic carbocycles. The monoisotopic (exact) mass is 286 g/mol. The largest absolute Gasteiger partial charge is 0.493 e. The van der Waals surface area contributed by atoms with Crippen LogP contribution in [0.3, 0.4) is 0 Å². The third-order valence-corrected chi connectivity index (χ3v) is 4.00. The highest BCUT2D eigenvalue weighted by Crippen LogP contribution is 2.46. The van der Waals surface area contributed by atoms with Gasteiger partial charge in [0.25, 0.3) is 0 Å². The van der Waals surface area contributed by atoms with Gasteiger partial charge in [0.2, 0.25) is 5.75 Å². The second-order valence-corrected chi connectivity index (χ2v) is 4.92. The molecule has 2 atom stereocenters. The van der Waals surface area contributed by atoms with E-state index in [-0.39, 0.29) is 5.38 Å². The van der Waals surface area contributed by atoms with Crippen molar-refractivity contribution in [2.24, 2.45) is 5.92 Å². The minimum Gasteiger partial charge on any atom is -0.493 e. The van der Waals surface area contributed by atoms with E-state index in [1.54, 1.807) is 21.3 Å². The summed E-state index contributed by atoms with van der Waals surface area (Å²) in [5.41, 5.74) is 0.914. The van der Waals surface area contributed by atoms with Crippen LogP contribution in [0.2, 0.25) is 0 Å². The fourth-order valence-corrected chi connectivity index (χ4v) is 2.75. The summed E-state index contributed by atoms with van der Waals surface area (Å²) in [6, 6.07) is 3.78. The summed E-state index contributed by atoms with van der Waals surface area (Å²) in [6.45, 7) is 1.45. The third-order valence-electron chi connectivity index (χ3n) is 3.41. The molecule has 1 heterocycles. The second kappa shape index (κ2) is 6.35. The van der Waals surface area contributed by atoms with Crippen molar-refractivity contribution in [2.45, 2.75) is 11.8 Å². The molecule has 4 nitrogen and oxygen atoms in total. The topological polar surface area (TPSA) is 36.9 Å². The van der Waals surface area contributed by atoms with Crippen LogP contribution in [0.5, 0.6) is 17.2 Å². The van der Waals surface area contributed by atoms with E-state index in [4.69, 9.17) is 30.5 Å². The Morgan fingerprint density at radius 3 is 2.42 bits per heavy atom. The Balaban J connectivity index is 2.38. The van der Waals surface area contributed by atoms with Gasteiger partial charge in [-0.3, -0.25) is 0 Å². The van der Waals surface area contributed by atoms with Gasteiger partial charge >= 0.3 is 0 Å². The zero-order chi connectivity index (χ0) is 13.8. The molecule has 2 unspecified atom stereocenters. The molecule has 1 aromatic rings. The normalized spacial score (nSPS) is 20.1. The Hall–Kier alpha value is -1.13. The van der Waals surface area contributed by atoms with Crippen LogP contribution in [-0.2, 0) is 4.74 Å². The number of alkyl halides is 1. The molecule has 1 aliphatic heterocycles. The fourth-order valence-electron chi connectivity index (χ4n) is 2.38. The average molecular weight is 287 g/mol. The number of rotatable bonds is 5. The Morgan fingerprint density at radius 1 is 1.16 bits per heavy atom. The number of hydrogen-bond donors (Lipinski definition) is 0. The highest BCUT2D eigenvalue weighted by molar-refractivity contribution is 6.21. The molecule has 2 rings (SSSR count). The lowest BCUT2D eigenvalue weighted by Gasteiger charge is -2.21. The van der Waals surface area contributed by atoms with Crippen molar-refractivity contribution < 1.29 is 18.9 Å². The van der Waals surface area contributed by atoms with Crippen LogP contribution >= 0.6 is 11.6 Å². The molecule has 0 N–H and O–H groups in total. The second-order valence-electron chi connectivity index (χ2n) is 4.45. The number of methoxy groups -OCH3 is 3. The first-order valence-electron chi connectivity index (χ1n) is 6.23. The molecule has 1 fully saturated rings. The van der Waals surface area contributed by atoms with E-state index >= 15 is 0 Å². The van der Waals surface area contributed by atoms with Gasteiger partial charge in [-0.05, 0) is 18.6 Å². The fraction of sp³-hybridized carbons (Fsp3) is 0.571. The minimum atomic E-state index is -0.155. The summed E-state index contributed by atoms with van der Waals surface area (Å²) in [7, 11) is 4.79. The summed E-state index contributed by atoms with van der Waals surface area (Å²) in [5.74, 6) is 2.14. The SMILES string of the molecule is COc1ccc(C(Cl)C2CCOC2)c(OC)c1OC. The predicted octanol–water partition coefficient (Wildman–Crippen LogP) is 3.03. The van der Waals surface area contributed by atoms with Crippen molar-refractivity contribution in [3.05, 3.63) is 17.7 Å². The van der Waals surface area contributed by atoms with Crippen LogP contribution in [-0.4, -0.2) is 34.5 Å². The summed E-state index contributed by atoms with van der Waals surface area (Å²) >= 11 is 6.56. The standard InChI is InChI=1S/C14H19ClO4/c1-16-11-5-4-10(13(17-2)14(11)18-3)12(15)9-6-7-19-8-9/h4-5,9,12H,6-8H2,1-3H3. The number of benzene rings is 1. The lowest BCUT2D eigenvalue weighted by molar-refractivity contribution is 0.185. The Kier molecular flexibility index (Phi) is 4.77. The smallest absolute Gasteiger partial charge is 0.203 e. The maximum atomic E-state index is 6.56. The number of hydrogen-bond acceptors (Lipinski definition) is 4. The lowest BCUT2D eigenvalue weighted by Crippen LogP contribution is -2.10. The van der Waals surface area contributed by atoms with Crippen LogP contribution in [0.1, 0.15) is 17.4 Å². The van der Waals surface area contributed by atoms with E-state index in [0.717, 1.165) is 18.6 Å². The molecule has 1 saturated heterocycles. The molecule has 0 aromatic heterocycles. The van der Waals surface area contributed by atoms with Crippen molar-refractivity contribution in [1.82, 2.24) is 0 Å². The molecule has 1 aromatic carbocycles. The van der Waals surface area contributed by atoms with E-state index in [1.165, 1.54) is 0 Å². The molecule has 0 spiro atoms. The van der Waals surface area contributed by atoms with Gasteiger partial charge in [0, 0.05) is 18.1 Å². The first-order chi connectivity index (χ1) is 9.22. The Labute approximate surface area is 118 Å². The zero-order valence-electron chi connectivity index (χ0n) is 11.4. The summed E-state index contributed by atoms with van der Waals surface area (Å²) in [6.07, 6.45) is 0.964. The van der Waals surface area contributed by atoms with Crippen molar-refractivity contribution >= 4 is 11.6 Å². The van der Waals surface area contributed by atoms with E-state index in [9.17, 15) is 0 Å². The van der Waals surface area contributed by atoms with E-state index in [2.05, 4.69) is 0 Å². The minimum absolute atomic E-state index is 0.155. The maximum absolute atomic E-state index is 6.56. The van der Waals surface area contributed by atoms with Crippen molar-refractivity contribution in [3.8, 4) is 17.2 Å². The first kappa shape index (κ1) is 14.3. The highest BCUT2D eigenvalue weighted by atomic mass is 35.5. The van der Waals surface area contributed by atoms with Crippen LogP contribution in [0.4, 0.5) is 0 Å². The van der Waals surface area contributed by atoms with E-state index in [1.807, 2.05) is 12.1 Å². The van der Waals surface area contributed by atoms with Crippen molar-refractivity contribution in [1.29, 1.82) is 0 Å². The number of ether oxygens (including phenoxy) is 4. The Bertz CT molecular complexity index is 430. The molecule has 0 radical (unpaired) electrons. The molecule has 19 heavy (non-hydrogen) atoms. The molecule has 0 bridgehead atoms. The molecule has 0 saturated carbocycles. The van der Waals surface area contributed by atoms with Crippen molar-refractivity contribution in [3.63, 3.8) is 0 Å². The van der Waals surface area contributed by atoms with Gasteiger partial charge in [-0.15, -0.1) is 11.6 Å².